The molecule has 2 unspecified atom stereocenters. The number of carboxylic acids is 2. The zero-order valence-electron chi connectivity index (χ0n) is 14.9. The SMILES string of the molecule is CCCCOC(=O)NCc1ncccc1OC1(C(=O)O)CNC(C(=O)O)C1. The number of aromatic nitrogens is 1. The largest absolute Gasteiger partial charge is 0.480 e. The van der Waals surface area contributed by atoms with Gasteiger partial charge in [-0.15, -0.1) is 0 Å². The number of carbonyl (C=O) groups is 3. The molecule has 1 aliphatic heterocycles. The molecule has 27 heavy (non-hydrogen) atoms. The number of unbranched alkanes of at least 4 members (excludes halogenated alkanes) is 1. The summed E-state index contributed by atoms with van der Waals surface area (Å²) in [6.45, 7) is 2.09. The minimum Gasteiger partial charge on any atom is -0.480 e. The van der Waals surface area contributed by atoms with E-state index in [-0.39, 0.29) is 25.3 Å². The van der Waals surface area contributed by atoms with E-state index in [2.05, 4.69) is 15.6 Å². The van der Waals surface area contributed by atoms with Gasteiger partial charge in [-0.25, -0.2) is 9.59 Å². The molecule has 2 heterocycles. The minimum atomic E-state index is -1.73. The Morgan fingerprint density at radius 2 is 2.19 bits per heavy atom. The fraction of sp³-hybridized carbons (Fsp3) is 0.529. The summed E-state index contributed by atoms with van der Waals surface area (Å²) >= 11 is 0. The van der Waals surface area contributed by atoms with E-state index in [1.165, 1.54) is 12.3 Å². The molecule has 1 fully saturated rings. The zero-order valence-corrected chi connectivity index (χ0v) is 14.9. The molecule has 1 aromatic heterocycles. The van der Waals surface area contributed by atoms with Crippen LogP contribution >= 0.6 is 0 Å². The molecule has 1 aliphatic rings. The third-order valence-corrected chi connectivity index (χ3v) is 4.14. The first-order valence-electron chi connectivity index (χ1n) is 8.61. The standard InChI is InChI=1S/C17H23N3O7/c1-2-3-7-26-16(25)19-9-12-13(5-4-6-18-12)27-17(15(23)24)8-11(14(21)22)20-10-17/h4-6,11,20H,2-3,7-10H2,1H3,(H,19,25)(H,21,22)(H,23,24). The Morgan fingerprint density at radius 1 is 1.41 bits per heavy atom. The van der Waals surface area contributed by atoms with Crippen LogP contribution in [0.25, 0.3) is 0 Å². The van der Waals surface area contributed by atoms with Crippen LogP contribution in [0.3, 0.4) is 0 Å². The quantitative estimate of drug-likeness (QED) is 0.455. The van der Waals surface area contributed by atoms with Gasteiger partial charge in [0.05, 0.1) is 13.2 Å². The van der Waals surface area contributed by atoms with E-state index in [0.29, 0.717) is 12.3 Å². The minimum absolute atomic E-state index is 0.0212. The maximum absolute atomic E-state index is 11.8. The molecule has 2 rings (SSSR count). The lowest BCUT2D eigenvalue weighted by molar-refractivity contribution is -0.154. The van der Waals surface area contributed by atoms with Crippen LogP contribution in [0.2, 0.25) is 0 Å². The van der Waals surface area contributed by atoms with Crippen molar-refractivity contribution in [3.8, 4) is 5.75 Å². The molecule has 10 nitrogen and oxygen atoms in total. The molecule has 0 saturated carbocycles. The number of carbonyl (C=O) groups excluding carboxylic acids is 1. The van der Waals surface area contributed by atoms with Crippen molar-refractivity contribution in [1.82, 2.24) is 15.6 Å². The number of ether oxygens (including phenoxy) is 2. The van der Waals surface area contributed by atoms with Crippen molar-refractivity contribution in [3.63, 3.8) is 0 Å². The number of hydrogen-bond donors (Lipinski definition) is 4. The molecule has 1 amide bonds. The van der Waals surface area contributed by atoms with Crippen LogP contribution in [0.5, 0.6) is 5.75 Å². The summed E-state index contributed by atoms with van der Waals surface area (Å²) in [5, 5.41) is 23.8. The average Bonchev–Trinajstić information content (AvgIpc) is 3.07. The Bertz CT molecular complexity index is 697. The van der Waals surface area contributed by atoms with Crippen LogP contribution in [0, 0.1) is 0 Å². The van der Waals surface area contributed by atoms with Crippen LogP contribution < -0.4 is 15.4 Å². The topological polar surface area (TPSA) is 147 Å². The number of carboxylic acid groups (broad SMARTS) is 2. The predicted molar refractivity (Wildman–Crippen MR) is 92.4 cm³/mol. The molecule has 4 N–H and O–H groups in total. The molecule has 0 radical (unpaired) electrons. The van der Waals surface area contributed by atoms with E-state index in [1.807, 2.05) is 6.92 Å². The van der Waals surface area contributed by atoms with Gasteiger partial charge < -0.3 is 25.0 Å². The van der Waals surface area contributed by atoms with E-state index in [1.54, 1.807) is 6.07 Å². The van der Waals surface area contributed by atoms with E-state index in [4.69, 9.17) is 14.6 Å². The number of aliphatic carboxylic acids is 2. The van der Waals surface area contributed by atoms with Gasteiger partial charge in [-0.3, -0.25) is 15.1 Å². The maximum atomic E-state index is 11.8. The number of nitrogens with one attached hydrogen (secondary N) is 2. The Labute approximate surface area is 155 Å². The molecular weight excluding hydrogens is 358 g/mol. The molecule has 148 valence electrons. The maximum Gasteiger partial charge on any atom is 0.407 e. The number of alkyl carbamates (subject to hydrolysis) is 1. The molecule has 2 atom stereocenters. The highest BCUT2D eigenvalue weighted by molar-refractivity contribution is 5.83. The number of pyridine rings is 1. The van der Waals surface area contributed by atoms with Crippen LogP contribution in [-0.2, 0) is 20.9 Å². The molecule has 0 spiro atoms. The first-order valence-corrected chi connectivity index (χ1v) is 8.61. The summed E-state index contributed by atoms with van der Waals surface area (Å²) in [6.07, 6.45) is 2.28. The van der Waals surface area contributed by atoms with E-state index in [0.717, 1.165) is 12.8 Å². The summed E-state index contributed by atoms with van der Waals surface area (Å²) in [4.78, 5) is 38.7. The Kier molecular flexibility index (Phi) is 6.94. The number of nitrogens with zero attached hydrogens (tertiary/aromatic N) is 1. The molecule has 1 saturated heterocycles. The summed E-state index contributed by atoms with van der Waals surface area (Å²) in [5.74, 6) is -2.27. The second kappa shape index (κ2) is 9.17. The third kappa shape index (κ3) is 5.30. The van der Waals surface area contributed by atoms with Crippen molar-refractivity contribution in [1.29, 1.82) is 0 Å². The van der Waals surface area contributed by atoms with Crippen molar-refractivity contribution >= 4 is 18.0 Å². The molecule has 0 bridgehead atoms. The zero-order chi connectivity index (χ0) is 19.9. The van der Waals surface area contributed by atoms with Gasteiger partial charge in [0.15, 0.2) is 0 Å². The smallest absolute Gasteiger partial charge is 0.407 e. The Morgan fingerprint density at radius 3 is 2.81 bits per heavy atom. The van der Waals surface area contributed by atoms with Gasteiger partial charge in [0.2, 0.25) is 5.60 Å². The number of hydrogen-bond acceptors (Lipinski definition) is 7. The third-order valence-electron chi connectivity index (χ3n) is 4.14. The lowest BCUT2D eigenvalue weighted by Crippen LogP contribution is -2.46. The molecule has 0 aliphatic carbocycles. The van der Waals surface area contributed by atoms with Gasteiger partial charge in [-0.05, 0) is 18.6 Å². The summed E-state index contributed by atoms with van der Waals surface area (Å²) in [7, 11) is 0. The van der Waals surface area contributed by atoms with E-state index < -0.39 is 29.7 Å². The monoisotopic (exact) mass is 381 g/mol. The van der Waals surface area contributed by atoms with Crippen LogP contribution in [0.1, 0.15) is 31.9 Å². The summed E-state index contributed by atoms with van der Waals surface area (Å²) < 4.78 is 10.7. The van der Waals surface area contributed by atoms with Gasteiger partial charge in [-0.2, -0.15) is 0 Å². The first kappa shape index (κ1) is 20.4. The Hall–Kier alpha value is -2.88. The van der Waals surface area contributed by atoms with Gasteiger partial charge in [0, 0.05) is 19.2 Å². The highest BCUT2D eigenvalue weighted by atomic mass is 16.5. The fourth-order valence-corrected chi connectivity index (χ4v) is 2.60. The van der Waals surface area contributed by atoms with Gasteiger partial charge >= 0.3 is 18.0 Å². The van der Waals surface area contributed by atoms with Crippen LogP contribution in [-0.4, -0.2) is 58.0 Å². The highest BCUT2D eigenvalue weighted by Gasteiger charge is 2.50. The lowest BCUT2D eigenvalue weighted by atomic mass is 10.00. The summed E-state index contributed by atoms with van der Waals surface area (Å²) in [6, 6.07) is 2.06. The second-order valence-electron chi connectivity index (χ2n) is 6.17. The normalized spacial score (nSPS) is 21.4. The van der Waals surface area contributed by atoms with Crippen molar-refractivity contribution < 1.29 is 34.1 Å². The molecule has 0 aromatic carbocycles. The lowest BCUT2D eigenvalue weighted by Gasteiger charge is -2.26. The molecule has 1 aromatic rings. The number of amides is 1. The highest BCUT2D eigenvalue weighted by Crippen LogP contribution is 2.29. The molecule has 10 heteroatoms. The van der Waals surface area contributed by atoms with E-state index in [9.17, 15) is 19.5 Å². The Balaban J connectivity index is 2.07. The average molecular weight is 381 g/mol. The predicted octanol–water partition coefficient (Wildman–Crippen LogP) is 0.757. The van der Waals surface area contributed by atoms with Crippen molar-refractivity contribution in [2.75, 3.05) is 13.2 Å². The summed E-state index contributed by atoms with van der Waals surface area (Å²) in [5.41, 5.74) is -1.42. The van der Waals surface area contributed by atoms with Crippen molar-refractivity contribution in [2.45, 2.75) is 44.4 Å². The van der Waals surface area contributed by atoms with Crippen molar-refractivity contribution in [3.05, 3.63) is 24.0 Å². The van der Waals surface area contributed by atoms with Crippen LogP contribution in [0.15, 0.2) is 18.3 Å². The first-order chi connectivity index (χ1) is 12.9. The van der Waals surface area contributed by atoms with Gasteiger partial charge in [0.1, 0.15) is 17.5 Å². The van der Waals surface area contributed by atoms with Crippen molar-refractivity contribution in [2.24, 2.45) is 0 Å². The molecular formula is C17H23N3O7. The fourth-order valence-electron chi connectivity index (χ4n) is 2.60. The van der Waals surface area contributed by atoms with E-state index >= 15 is 0 Å². The number of rotatable bonds is 9. The second-order valence-corrected chi connectivity index (χ2v) is 6.17. The van der Waals surface area contributed by atoms with Gasteiger partial charge in [-0.1, -0.05) is 13.3 Å². The van der Waals surface area contributed by atoms with Crippen LogP contribution in [0.4, 0.5) is 4.79 Å². The van der Waals surface area contributed by atoms with Gasteiger partial charge in [0.25, 0.3) is 0 Å².